The zero-order valence-electron chi connectivity index (χ0n) is 15.5. The molecule has 0 radical (unpaired) electrons. The van der Waals surface area contributed by atoms with E-state index < -0.39 is 0 Å². The number of hydrogen-bond donors (Lipinski definition) is 3. The number of anilines is 2. The number of fused-ring (bicyclic) bond motifs is 1. The molecule has 4 rings (SSSR count). The van der Waals surface area contributed by atoms with Gasteiger partial charge >= 0.3 is 0 Å². The average molecular weight is 374 g/mol. The van der Waals surface area contributed by atoms with E-state index in [1.54, 1.807) is 19.5 Å². The molecule has 0 bridgehead atoms. The van der Waals surface area contributed by atoms with Crippen LogP contribution in [0, 0.1) is 0 Å². The van der Waals surface area contributed by atoms with Crippen molar-refractivity contribution in [3.8, 4) is 5.88 Å². The quantitative estimate of drug-likeness (QED) is 0.445. The molecule has 6 heteroatoms. The molecule has 142 valence electrons. The second-order valence-electron chi connectivity index (χ2n) is 5.89. The van der Waals surface area contributed by atoms with Crippen LogP contribution >= 0.6 is 0 Å². The second kappa shape index (κ2) is 10.0. The number of pyridine rings is 2. The summed E-state index contributed by atoms with van der Waals surface area (Å²) in [6, 6.07) is 23.6. The van der Waals surface area contributed by atoms with Crippen molar-refractivity contribution in [2.24, 2.45) is 0 Å². The lowest BCUT2D eigenvalue weighted by Crippen LogP contribution is -2.05. The predicted molar refractivity (Wildman–Crippen MR) is 111 cm³/mol. The fraction of sp³-hybridized carbons (Fsp3) is 0.0909. The van der Waals surface area contributed by atoms with Crippen LogP contribution in [-0.4, -0.2) is 22.3 Å². The first-order valence-electron chi connectivity index (χ1n) is 8.82. The molecular formula is C22H22N4O2. The second-order valence-corrected chi connectivity index (χ2v) is 5.89. The first kappa shape index (κ1) is 19.3. The summed E-state index contributed by atoms with van der Waals surface area (Å²) in [5, 5.41) is 12.6. The molecule has 4 aromatic rings. The van der Waals surface area contributed by atoms with Crippen LogP contribution in [0.15, 0.2) is 85.2 Å². The molecule has 0 spiro atoms. The lowest BCUT2D eigenvalue weighted by molar-refractivity contribution is 0.161. The normalized spacial score (nSPS) is 10.1. The Morgan fingerprint density at radius 1 is 0.857 bits per heavy atom. The van der Waals surface area contributed by atoms with E-state index in [1.165, 1.54) is 0 Å². The van der Waals surface area contributed by atoms with Gasteiger partial charge in [0.2, 0.25) is 5.88 Å². The lowest BCUT2D eigenvalue weighted by atomic mass is 10.2. The fourth-order valence-electron chi connectivity index (χ4n) is 2.68. The van der Waals surface area contributed by atoms with Gasteiger partial charge in [0.05, 0.1) is 7.11 Å². The highest BCUT2D eigenvalue weighted by Crippen LogP contribution is 2.28. The monoisotopic (exact) mass is 374 g/mol. The number of nitrogens with zero attached hydrogens (tertiary/aromatic N) is 2. The van der Waals surface area contributed by atoms with Crippen LogP contribution in [0.4, 0.5) is 11.4 Å². The zero-order chi connectivity index (χ0) is 19.6. The van der Waals surface area contributed by atoms with Crippen molar-refractivity contribution in [3.63, 3.8) is 0 Å². The summed E-state index contributed by atoms with van der Waals surface area (Å²) >= 11 is 0. The van der Waals surface area contributed by atoms with Crippen molar-refractivity contribution in [1.29, 1.82) is 0 Å². The van der Waals surface area contributed by atoms with Crippen LogP contribution < -0.4 is 15.5 Å². The van der Waals surface area contributed by atoms with E-state index in [4.69, 9.17) is 9.94 Å². The number of hydrogen-bond acceptors (Lipinski definition) is 6. The topological polar surface area (TPSA) is 79.3 Å². The number of rotatable bonds is 5. The Labute approximate surface area is 163 Å². The first-order chi connectivity index (χ1) is 13.8. The third-order valence-electron chi connectivity index (χ3n) is 4.00. The summed E-state index contributed by atoms with van der Waals surface area (Å²) in [7, 11) is 1.60. The third-order valence-corrected chi connectivity index (χ3v) is 4.00. The van der Waals surface area contributed by atoms with Gasteiger partial charge in [-0.3, -0.25) is 4.98 Å². The molecule has 0 saturated carbocycles. The molecule has 3 N–H and O–H groups in total. The molecule has 0 atom stereocenters. The molecule has 28 heavy (non-hydrogen) atoms. The van der Waals surface area contributed by atoms with Crippen LogP contribution in [0.25, 0.3) is 10.9 Å². The van der Waals surface area contributed by atoms with Gasteiger partial charge in [-0.15, -0.1) is 0 Å². The van der Waals surface area contributed by atoms with Crippen LogP contribution in [0.1, 0.15) is 5.56 Å². The number of nitrogens with one attached hydrogen (secondary N) is 2. The summed E-state index contributed by atoms with van der Waals surface area (Å²) in [6.45, 7) is 0.515. The third kappa shape index (κ3) is 5.03. The van der Waals surface area contributed by atoms with E-state index in [9.17, 15) is 0 Å². The van der Waals surface area contributed by atoms with Gasteiger partial charge in [0.25, 0.3) is 0 Å². The van der Waals surface area contributed by atoms with Gasteiger partial charge in [-0.1, -0.05) is 48.5 Å². The maximum atomic E-state index is 8.27. The standard InChI is InChI=1S/C15H13N3O.C7H9NO/c1-19-15-14-12(7-9-17-15)13(8-10-16-14)18-11-5-3-2-4-6-11;9-8-6-7-4-2-1-3-5-7/h2-10H,1H3,(H,16,18);1-5,8-9H,6H2. The fourth-order valence-corrected chi connectivity index (χ4v) is 2.68. The minimum atomic E-state index is 0.515. The Bertz CT molecular complexity index is 995. The Balaban J connectivity index is 0.000000211. The Hall–Kier alpha value is -3.48. The van der Waals surface area contributed by atoms with Gasteiger partial charge in [-0.05, 0) is 29.8 Å². The zero-order valence-corrected chi connectivity index (χ0v) is 15.5. The SMILES string of the molecule is COc1nccc2c(Nc3ccccc3)ccnc12.ONCc1ccccc1. The molecule has 0 amide bonds. The average Bonchev–Trinajstić information content (AvgIpc) is 2.76. The van der Waals surface area contributed by atoms with Crippen molar-refractivity contribution in [1.82, 2.24) is 15.4 Å². The number of para-hydroxylation sites is 1. The van der Waals surface area contributed by atoms with E-state index >= 15 is 0 Å². The predicted octanol–water partition coefficient (Wildman–Crippen LogP) is 4.55. The number of aromatic nitrogens is 2. The summed E-state index contributed by atoms with van der Waals surface area (Å²) in [5.74, 6) is 0.536. The number of ether oxygens (including phenoxy) is 1. The van der Waals surface area contributed by atoms with Crippen molar-refractivity contribution < 1.29 is 9.94 Å². The minimum absolute atomic E-state index is 0.515. The van der Waals surface area contributed by atoms with Crippen LogP contribution in [0.5, 0.6) is 5.88 Å². The molecule has 2 aromatic carbocycles. The van der Waals surface area contributed by atoms with E-state index in [0.717, 1.165) is 27.8 Å². The number of benzene rings is 2. The Morgan fingerprint density at radius 3 is 2.21 bits per heavy atom. The van der Waals surface area contributed by atoms with Gasteiger partial charge in [-0.25, -0.2) is 10.5 Å². The van der Waals surface area contributed by atoms with E-state index in [-0.39, 0.29) is 0 Å². The van der Waals surface area contributed by atoms with Gasteiger partial charge in [-0.2, -0.15) is 0 Å². The molecule has 0 saturated heterocycles. The molecule has 0 fully saturated rings. The maximum Gasteiger partial charge on any atom is 0.240 e. The van der Waals surface area contributed by atoms with Gasteiger partial charge in [0.15, 0.2) is 0 Å². The van der Waals surface area contributed by atoms with Crippen molar-refractivity contribution in [3.05, 3.63) is 90.8 Å². The highest BCUT2D eigenvalue weighted by atomic mass is 16.5. The molecule has 2 aromatic heterocycles. The van der Waals surface area contributed by atoms with Crippen LogP contribution in [0.3, 0.4) is 0 Å². The molecule has 0 aliphatic rings. The summed E-state index contributed by atoms with van der Waals surface area (Å²) in [4.78, 5) is 8.49. The molecule has 0 aliphatic carbocycles. The first-order valence-corrected chi connectivity index (χ1v) is 8.82. The van der Waals surface area contributed by atoms with Gasteiger partial charge in [0, 0.05) is 35.7 Å². The smallest absolute Gasteiger partial charge is 0.240 e. The molecular weight excluding hydrogens is 352 g/mol. The van der Waals surface area contributed by atoms with E-state index in [2.05, 4.69) is 20.8 Å². The molecule has 2 heterocycles. The van der Waals surface area contributed by atoms with Gasteiger partial charge in [0.1, 0.15) is 5.52 Å². The van der Waals surface area contributed by atoms with Crippen LogP contribution in [-0.2, 0) is 6.54 Å². The maximum absolute atomic E-state index is 8.27. The minimum Gasteiger partial charge on any atom is -0.479 e. The highest BCUT2D eigenvalue weighted by molar-refractivity contribution is 5.95. The largest absolute Gasteiger partial charge is 0.479 e. The van der Waals surface area contributed by atoms with Crippen molar-refractivity contribution >= 4 is 22.3 Å². The molecule has 0 aliphatic heterocycles. The van der Waals surface area contributed by atoms with Crippen molar-refractivity contribution in [2.45, 2.75) is 6.54 Å². The lowest BCUT2D eigenvalue weighted by Gasteiger charge is -2.10. The van der Waals surface area contributed by atoms with E-state index in [0.29, 0.717) is 12.4 Å². The number of methoxy groups -OCH3 is 1. The van der Waals surface area contributed by atoms with Gasteiger partial charge < -0.3 is 15.3 Å². The van der Waals surface area contributed by atoms with Crippen molar-refractivity contribution in [2.75, 3.05) is 12.4 Å². The van der Waals surface area contributed by atoms with Crippen LogP contribution in [0.2, 0.25) is 0 Å². The molecule has 0 unspecified atom stereocenters. The molecule has 6 nitrogen and oxygen atoms in total. The van der Waals surface area contributed by atoms with E-state index in [1.807, 2.05) is 72.8 Å². The Kier molecular flexibility index (Phi) is 6.89. The summed E-state index contributed by atoms with van der Waals surface area (Å²) in [5.41, 5.74) is 5.94. The highest BCUT2D eigenvalue weighted by Gasteiger charge is 2.07. The Morgan fingerprint density at radius 2 is 1.54 bits per heavy atom. The summed E-state index contributed by atoms with van der Waals surface area (Å²) in [6.07, 6.45) is 3.47. The number of hydroxylamine groups is 1. The summed E-state index contributed by atoms with van der Waals surface area (Å²) < 4.78 is 5.23.